The lowest BCUT2D eigenvalue weighted by molar-refractivity contribution is 0.511. The van der Waals surface area contributed by atoms with E-state index in [1.54, 1.807) is 12.4 Å². The van der Waals surface area contributed by atoms with Crippen LogP contribution in [-0.4, -0.2) is 21.3 Å². The fourth-order valence-electron chi connectivity index (χ4n) is 2.37. The number of nitrogens with one attached hydrogen (secondary N) is 1. The molecule has 0 aliphatic heterocycles. The molecule has 0 aromatic carbocycles. The molecule has 0 amide bonds. The zero-order chi connectivity index (χ0) is 15.4. The van der Waals surface area contributed by atoms with Crippen molar-refractivity contribution in [1.29, 1.82) is 0 Å². The first kappa shape index (κ1) is 16.5. The van der Waals surface area contributed by atoms with Gasteiger partial charge in [0.1, 0.15) is 0 Å². The predicted octanol–water partition coefficient (Wildman–Crippen LogP) is 3.82. The molecule has 0 spiro atoms. The lowest BCUT2D eigenvalue weighted by Gasteiger charge is -2.20. The number of aromatic nitrogens is 3. The summed E-state index contributed by atoms with van der Waals surface area (Å²) >= 11 is 9.94. The van der Waals surface area contributed by atoms with E-state index in [9.17, 15) is 0 Å². The number of aryl methyl sites for hydroxylation is 2. The van der Waals surface area contributed by atoms with Crippen LogP contribution in [0.1, 0.15) is 36.3 Å². The van der Waals surface area contributed by atoms with Gasteiger partial charge in [-0.05, 0) is 47.4 Å². The van der Waals surface area contributed by atoms with Crippen molar-refractivity contribution in [2.75, 3.05) is 6.54 Å². The second-order valence-electron chi connectivity index (χ2n) is 5.08. The Morgan fingerprint density at radius 3 is 2.81 bits per heavy atom. The molecule has 1 unspecified atom stereocenters. The summed E-state index contributed by atoms with van der Waals surface area (Å²) in [4.78, 5) is 4.07. The van der Waals surface area contributed by atoms with Crippen molar-refractivity contribution in [1.82, 2.24) is 20.1 Å². The Balaban J connectivity index is 2.31. The third-order valence-corrected chi connectivity index (χ3v) is 4.83. The molecule has 0 saturated heterocycles. The first-order chi connectivity index (χ1) is 10.0. The molecule has 1 N–H and O–H groups in total. The highest BCUT2D eigenvalue weighted by molar-refractivity contribution is 9.10. The Labute approximate surface area is 139 Å². The third kappa shape index (κ3) is 3.84. The molecule has 2 aromatic heterocycles. The number of halogens is 2. The van der Waals surface area contributed by atoms with Crippen molar-refractivity contribution in [3.05, 3.63) is 44.9 Å². The minimum atomic E-state index is 0.145. The lowest BCUT2D eigenvalue weighted by atomic mass is 10.0. The predicted molar refractivity (Wildman–Crippen MR) is 89.6 cm³/mol. The Hall–Kier alpha value is -0.910. The van der Waals surface area contributed by atoms with Crippen molar-refractivity contribution in [2.24, 2.45) is 7.05 Å². The molecule has 0 fully saturated rings. The fraction of sp³-hybridized carbons (Fsp3) is 0.467. The summed E-state index contributed by atoms with van der Waals surface area (Å²) in [6.45, 7) is 5.10. The van der Waals surface area contributed by atoms with Crippen LogP contribution in [-0.2, 0) is 13.5 Å². The molecule has 6 heteroatoms. The van der Waals surface area contributed by atoms with Gasteiger partial charge in [-0.25, -0.2) is 0 Å². The molecule has 4 nitrogen and oxygen atoms in total. The second kappa shape index (κ2) is 7.38. The monoisotopic (exact) mass is 370 g/mol. The molecule has 114 valence electrons. The van der Waals surface area contributed by atoms with E-state index >= 15 is 0 Å². The van der Waals surface area contributed by atoms with Gasteiger partial charge in [-0.15, -0.1) is 0 Å². The molecule has 0 aliphatic carbocycles. The van der Waals surface area contributed by atoms with Gasteiger partial charge in [0.25, 0.3) is 0 Å². The first-order valence-corrected chi connectivity index (χ1v) is 8.22. The van der Waals surface area contributed by atoms with Crippen LogP contribution in [0.2, 0.25) is 5.02 Å². The zero-order valence-electron chi connectivity index (χ0n) is 12.5. The van der Waals surface area contributed by atoms with Crippen molar-refractivity contribution in [3.8, 4) is 0 Å². The van der Waals surface area contributed by atoms with E-state index in [-0.39, 0.29) is 6.04 Å². The second-order valence-corrected chi connectivity index (χ2v) is 6.28. The number of rotatable bonds is 6. The maximum Gasteiger partial charge on any atom is 0.0738 e. The number of hydrogen-bond donors (Lipinski definition) is 1. The van der Waals surface area contributed by atoms with Gasteiger partial charge in [0.05, 0.1) is 20.9 Å². The Kier molecular flexibility index (Phi) is 5.79. The number of pyridine rings is 1. The highest BCUT2D eigenvalue weighted by atomic mass is 79.9. The van der Waals surface area contributed by atoms with Gasteiger partial charge < -0.3 is 5.32 Å². The van der Waals surface area contributed by atoms with Crippen molar-refractivity contribution in [2.45, 2.75) is 32.7 Å². The molecular formula is C15H20BrClN4. The van der Waals surface area contributed by atoms with E-state index in [0.29, 0.717) is 5.02 Å². The van der Waals surface area contributed by atoms with Gasteiger partial charge in [0, 0.05) is 31.9 Å². The van der Waals surface area contributed by atoms with Gasteiger partial charge in [-0.3, -0.25) is 9.67 Å². The SMILES string of the molecule is CCCNC(Cc1c(Br)c(C)nn1C)c1ccncc1Cl. The Bertz CT molecular complexity index is 612. The summed E-state index contributed by atoms with van der Waals surface area (Å²) < 4.78 is 2.99. The van der Waals surface area contributed by atoms with Crippen LogP contribution in [0, 0.1) is 6.92 Å². The highest BCUT2D eigenvalue weighted by Gasteiger charge is 2.19. The van der Waals surface area contributed by atoms with Crippen molar-refractivity contribution < 1.29 is 0 Å². The average molecular weight is 372 g/mol. The standard InChI is InChI=1S/C15H20BrClN4/c1-4-6-19-13(11-5-7-18-9-12(11)17)8-14-15(16)10(2)20-21(14)3/h5,7,9,13,19H,4,6,8H2,1-3H3. The quantitative estimate of drug-likeness (QED) is 0.839. The van der Waals surface area contributed by atoms with E-state index in [1.165, 1.54) is 0 Å². The van der Waals surface area contributed by atoms with Gasteiger partial charge in [-0.1, -0.05) is 18.5 Å². The molecule has 2 aromatic rings. The van der Waals surface area contributed by atoms with Crippen LogP contribution in [0.3, 0.4) is 0 Å². The minimum Gasteiger partial charge on any atom is -0.310 e. The normalized spacial score (nSPS) is 12.6. The maximum absolute atomic E-state index is 6.31. The smallest absolute Gasteiger partial charge is 0.0738 e. The van der Waals surface area contributed by atoms with Crippen LogP contribution in [0.15, 0.2) is 22.9 Å². The van der Waals surface area contributed by atoms with E-state index in [0.717, 1.165) is 40.8 Å². The van der Waals surface area contributed by atoms with Gasteiger partial charge in [-0.2, -0.15) is 5.10 Å². The summed E-state index contributed by atoms with van der Waals surface area (Å²) in [5, 5.41) is 8.72. The van der Waals surface area contributed by atoms with Crippen LogP contribution < -0.4 is 5.32 Å². The van der Waals surface area contributed by atoms with Crippen LogP contribution in [0.5, 0.6) is 0 Å². The molecule has 2 rings (SSSR count). The van der Waals surface area contributed by atoms with Gasteiger partial charge in [0.2, 0.25) is 0 Å². The summed E-state index contributed by atoms with van der Waals surface area (Å²) in [6.07, 6.45) is 5.37. The van der Waals surface area contributed by atoms with Crippen LogP contribution in [0.25, 0.3) is 0 Å². The fourth-order valence-corrected chi connectivity index (χ4v) is 3.12. The Morgan fingerprint density at radius 1 is 1.48 bits per heavy atom. The maximum atomic E-state index is 6.31. The van der Waals surface area contributed by atoms with Crippen molar-refractivity contribution in [3.63, 3.8) is 0 Å². The number of nitrogens with zero attached hydrogens (tertiary/aromatic N) is 3. The van der Waals surface area contributed by atoms with Crippen LogP contribution in [0.4, 0.5) is 0 Å². The molecular weight excluding hydrogens is 352 g/mol. The van der Waals surface area contributed by atoms with Crippen LogP contribution >= 0.6 is 27.5 Å². The first-order valence-electron chi connectivity index (χ1n) is 7.05. The summed E-state index contributed by atoms with van der Waals surface area (Å²) in [6, 6.07) is 2.12. The molecule has 0 saturated carbocycles. The summed E-state index contributed by atoms with van der Waals surface area (Å²) in [7, 11) is 1.97. The van der Waals surface area contributed by atoms with E-state index in [1.807, 2.05) is 24.7 Å². The topological polar surface area (TPSA) is 42.7 Å². The van der Waals surface area contributed by atoms with E-state index < -0.39 is 0 Å². The van der Waals surface area contributed by atoms with E-state index in [4.69, 9.17) is 11.6 Å². The van der Waals surface area contributed by atoms with Gasteiger partial charge >= 0.3 is 0 Å². The van der Waals surface area contributed by atoms with Crippen molar-refractivity contribution >= 4 is 27.5 Å². The summed E-state index contributed by atoms with van der Waals surface area (Å²) in [5.74, 6) is 0. The molecule has 2 heterocycles. The molecule has 0 aliphatic rings. The summed E-state index contributed by atoms with van der Waals surface area (Å²) in [5.41, 5.74) is 3.24. The molecule has 1 atom stereocenters. The average Bonchev–Trinajstić information content (AvgIpc) is 2.70. The van der Waals surface area contributed by atoms with E-state index in [2.05, 4.69) is 38.3 Å². The lowest BCUT2D eigenvalue weighted by Crippen LogP contribution is -2.25. The molecule has 0 radical (unpaired) electrons. The largest absolute Gasteiger partial charge is 0.310 e. The molecule has 21 heavy (non-hydrogen) atoms. The Morgan fingerprint density at radius 2 is 2.24 bits per heavy atom. The molecule has 0 bridgehead atoms. The highest BCUT2D eigenvalue weighted by Crippen LogP contribution is 2.29. The third-order valence-electron chi connectivity index (χ3n) is 3.48. The number of hydrogen-bond acceptors (Lipinski definition) is 3. The van der Waals surface area contributed by atoms with Gasteiger partial charge in [0.15, 0.2) is 0 Å². The zero-order valence-corrected chi connectivity index (χ0v) is 14.9. The minimum absolute atomic E-state index is 0.145.